The minimum atomic E-state index is -0.293. The number of thioether (sulfide) groups is 1. The van der Waals surface area contributed by atoms with Crippen LogP contribution in [0.5, 0.6) is 5.75 Å². The number of rotatable bonds is 8. The van der Waals surface area contributed by atoms with Gasteiger partial charge in [0.1, 0.15) is 16.7 Å². The lowest BCUT2D eigenvalue weighted by molar-refractivity contribution is -0.141. The van der Waals surface area contributed by atoms with E-state index in [4.69, 9.17) is 17.0 Å². The third kappa shape index (κ3) is 6.17. The number of carbonyl (C=O) groups excluding carboxylic acids is 2. The predicted molar refractivity (Wildman–Crippen MR) is 126 cm³/mol. The van der Waals surface area contributed by atoms with Crippen molar-refractivity contribution < 1.29 is 19.1 Å². The molecule has 1 heterocycles. The number of methoxy groups -OCH3 is 1. The lowest BCUT2D eigenvalue weighted by atomic mass is 10.2. The van der Waals surface area contributed by atoms with E-state index in [1.54, 1.807) is 0 Å². The number of hydrogen-bond acceptors (Lipinski definition) is 6. The molecule has 1 aliphatic rings. The highest BCUT2D eigenvalue weighted by molar-refractivity contribution is 9.10. The van der Waals surface area contributed by atoms with Crippen LogP contribution in [0, 0.1) is 0 Å². The highest BCUT2D eigenvalue weighted by Gasteiger charge is 2.31. The number of amides is 1. The van der Waals surface area contributed by atoms with E-state index < -0.39 is 0 Å². The Morgan fingerprint density at radius 2 is 1.87 bits per heavy atom. The topological polar surface area (TPSA) is 55.8 Å². The van der Waals surface area contributed by atoms with Crippen LogP contribution in [0.3, 0.4) is 0 Å². The SMILES string of the molecule is COC(=O)CCCN1C(=O)/C(=C\c2ccc(OCc3ccc(Br)cc3)cc2)SC1=S. The molecule has 0 bridgehead atoms. The summed E-state index contributed by atoms with van der Waals surface area (Å²) < 4.78 is 12.0. The van der Waals surface area contributed by atoms with Gasteiger partial charge in [0.05, 0.1) is 12.0 Å². The molecule has 1 saturated heterocycles. The van der Waals surface area contributed by atoms with Crippen molar-refractivity contribution >= 4 is 62.2 Å². The van der Waals surface area contributed by atoms with Gasteiger partial charge in [0.15, 0.2) is 0 Å². The molecule has 0 saturated carbocycles. The molecule has 2 aromatic rings. The quantitative estimate of drug-likeness (QED) is 0.279. The molecule has 0 atom stereocenters. The Morgan fingerprint density at radius 1 is 1.17 bits per heavy atom. The molecule has 0 unspecified atom stereocenters. The molecule has 2 aromatic carbocycles. The van der Waals surface area contributed by atoms with Gasteiger partial charge in [-0.25, -0.2) is 0 Å². The molecule has 5 nitrogen and oxygen atoms in total. The standard InChI is InChI=1S/C22H20BrNO4S2/c1-27-20(25)3-2-12-24-21(26)19(30-22(24)29)13-15-6-10-18(11-7-15)28-14-16-4-8-17(23)9-5-16/h4-11,13H,2-3,12,14H2,1H3/b19-13+. The molecule has 0 radical (unpaired) electrons. The molecule has 156 valence electrons. The van der Waals surface area contributed by atoms with Crippen molar-refractivity contribution in [2.75, 3.05) is 13.7 Å². The number of nitrogens with zero attached hydrogens (tertiary/aromatic N) is 1. The van der Waals surface area contributed by atoms with E-state index >= 15 is 0 Å². The first-order valence-electron chi connectivity index (χ1n) is 9.26. The van der Waals surface area contributed by atoms with Crippen molar-refractivity contribution in [1.29, 1.82) is 0 Å². The van der Waals surface area contributed by atoms with Gasteiger partial charge < -0.3 is 9.47 Å². The Morgan fingerprint density at radius 3 is 2.53 bits per heavy atom. The second-order valence-electron chi connectivity index (χ2n) is 6.50. The zero-order valence-corrected chi connectivity index (χ0v) is 19.5. The first-order chi connectivity index (χ1) is 14.5. The maximum atomic E-state index is 12.6. The Balaban J connectivity index is 1.57. The fourth-order valence-electron chi connectivity index (χ4n) is 2.74. The average Bonchev–Trinajstić information content (AvgIpc) is 3.01. The molecule has 0 aliphatic carbocycles. The number of esters is 1. The van der Waals surface area contributed by atoms with Crippen molar-refractivity contribution in [2.24, 2.45) is 0 Å². The van der Waals surface area contributed by atoms with Crippen LogP contribution >= 0.6 is 39.9 Å². The second-order valence-corrected chi connectivity index (χ2v) is 9.09. The van der Waals surface area contributed by atoms with E-state index in [0.717, 1.165) is 21.3 Å². The van der Waals surface area contributed by atoms with Crippen LogP contribution < -0.4 is 4.74 Å². The van der Waals surface area contributed by atoms with Crippen LogP contribution in [0.4, 0.5) is 0 Å². The van der Waals surface area contributed by atoms with Crippen LogP contribution in [0.2, 0.25) is 0 Å². The highest BCUT2D eigenvalue weighted by atomic mass is 79.9. The van der Waals surface area contributed by atoms with Gasteiger partial charge in [0.25, 0.3) is 5.91 Å². The Hall–Kier alpha value is -2.16. The Kier molecular flexibility index (Phi) is 8.07. The summed E-state index contributed by atoms with van der Waals surface area (Å²) >= 11 is 10.0. The molecule has 3 rings (SSSR count). The summed E-state index contributed by atoms with van der Waals surface area (Å²) in [6.45, 7) is 0.886. The number of benzene rings is 2. The number of carbonyl (C=O) groups is 2. The van der Waals surface area contributed by atoms with Crippen LogP contribution in [0.1, 0.15) is 24.0 Å². The van der Waals surface area contributed by atoms with Gasteiger partial charge in [-0.05, 0) is 47.9 Å². The zero-order chi connectivity index (χ0) is 21.5. The number of halogens is 1. The molecule has 0 aromatic heterocycles. The van der Waals surface area contributed by atoms with E-state index in [1.807, 2.05) is 54.6 Å². The average molecular weight is 506 g/mol. The summed E-state index contributed by atoms with van der Waals surface area (Å²) in [5, 5.41) is 0. The van der Waals surface area contributed by atoms with Gasteiger partial charge >= 0.3 is 5.97 Å². The second kappa shape index (κ2) is 10.7. The first kappa shape index (κ1) is 22.5. The molecule has 0 spiro atoms. The Bertz CT molecular complexity index is 958. The van der Waals surface area contributed by atoms with Crippen molar-refractivity contribution in [3.05, 3.63) is 69.0 Å². The maximum absolute atomic E-state index is 12.6. The minimum absolute atomic E-state index is 0.134. The minimum Gasteiger partial charge on any atom is -0.489 e. The number of ether oxygens (including phenoxy) is 2. The lowest BCUT2D eigenvalue weighted by Gasteiger charge is -2.13. The fourth-order valence-corrected chi connectivity index (χ4v) is 4.31. The van der Waals surface area contributed by atoms with Gasteiger partial charge in [0.2, 0.25) is 0 Å². The van der Waals surface area contributed by atoms with Gasteiger partial charge in [-0.3, -0.25) is 14.5 Å². The molecule has 1 amide bonds. The third-order valence-electron chi connectivity index (χ3n) is 4.36. The third-order valence-corrected chi connectivity index (χ3v) is 6.27. The monoisotopic (exact) mass is 505 g/mol. The summed E-state index contributed by atoms with van der Waals surface area (Å²) in [7, 11) is 1.35. The smallest absolute Gasteiger partial charge is 0.305 e. The number of thiocarbonyl (C=S) groups is 1. The van der Waals surface area contributed by atoms with Gasteiger partial charge in [0, 0.05) is 17.4 Å². The molecule has 1 fully saturated rings. The maximum Gasteiger partial charge on any atom is 0.305 e. The van der Waals surface area contributed by atoms with Crippen molar-refractivity contribution in [1.82, 2.24) is 4.90 Å². The molecular formula is C22H20BrNO4S2. The van der Waals surface area contributed by atoms with Gasteiger partial charge in [-0.15, -0.1) is 0 Å². The molecule has 8 heteroatoms. The van der Waals surface area contributed by atoms with E-state index in [2.05, 4.69) is 20.7 Å². The van der Waals surface area contributed by atoms with Gasteiger partial charge in [-0.2, -0.15) is 0 Å². The van der Waals surface area contributed by atoms with E-state index in [9.17, 15) is 9.59 Å². The summed E-state index contributed by atoms with van der Waals surface area (Å²) in [6.07, 6.45) is 2.59. The summed E-state index contributed by atoms with van der Waals surface area (Å²) in [5.41, 5.74) is 1.97. The molecule has 30 heavy (non-hydrogen) atoms. The zero-order valence-electron chi connectivity index (χ0n) is 16.3. The highest BCUT2D eigenvalue weighted by Crippen LogP contribution is 2.33. The van der Waals surface area contributed by atoms with Crippen molar-refractivity contribution in [3.63, 3.8) is 0 Å². The van der Waals surface area contributed by atoms with Crippen molar-refractivity contribution in [2.45, 2.75) is 19.4 Å². The lowest BCUT2D eigenvalue weighted by Crippen LogP contribution is -2.29. The van der Waals surface area contributed by atoms with E-state index in [1.165, 1.54) is 23.8 Å². The predicted octanol–water partition coefficient (Wildman–Crippen LogP) is 5.18. The first-order valence-corrected chi connectivity index (χ1v) is 11.3. The van der Waals surface area contributed by atoms with Crippen LogP contribution in [-0.4, -0.2) is 34.8 Å². The van der Waals surface area contributed by atoms with E-state index in [-0.39, 0.29) is 18.3 Å². The van der Waals surface area contributed by atoms with Crippen LogP contribution in [0.15, 0.2) is 57.9 Å². The summed E-state index contributed by atoms with van der Waals surface area (Å²) in [6, 6.07) is 15.5. The van der Waals surface area contributed by atoms with Gasteiger partial charge in [-0.1, -0.05) is 64.2 Å². The van der Waals surface area contributed by atoms with Crippen LogP contribution in [0.25, 0.3) is 6.08 Å². The number of hydrogen-bond donors (Lipinski definition) is 0. The Labute approximate surface area is 193 Å². The normalized spacial score (nSPS) is 15.0. The van der Waals surface area contributed by atoms with E-state index in [0.29, 0.717) is 28.8 Å². The molecule has 1 aliphatic heterocycles. The van der Waals surface area contributed by atoms with Crippen molar-refractivity contribution in [3.8, 4) is 5.75 Å². The molecule has 0 N–H and O–H groups in total. The largest absolute Gasteiger partial charge is 0.489 e. The summed E-state index contributed by atoms with van der Waals surface area (Å²) in [5.74, 6) is 0.328. The molecular weight excluding hydrogens is 486 g/mol. The fraction of sp³-hybridized carbons (Fsp3) is 0.227. The van der Waals surface area contributed by atoms with Crippen LogP contribution in [-0.2, 0) is 20.9 Å². The summed E-state index contributed by atoms with van der Waals surface area (Å²) in [4.78, 5) is 26.0.